The molecule has 2 amide bonds. The van der Waals surface area contributed by atoms with Gasteiger partial charge in [0.15, 0.2) is 11.5 Å². The maximum atomic E-state index is 12.6. The maximum absolute atomic E-state index is 12.6. The number of carbonyl (C=O) groups is 3. The van der Waals surface area contributed by atoms with Crippen LogP contribution in [0.3, 0.4) is 0 Å². The molecule has 1 aromatic rings. The molecule has 0 N–H and O–H groups in total. The lowest BCUT2D eigenvalue weighted by molar-refractivity contribution is -0.150. The lowest BCUT2D eigenvalue weighted by atomic mass is 10.1. The summed E-state index contributed by atoms with van der Waals surface area (Å²) in [6.45, 7) is 3.34. The van der Waals surface area contributed by atoms with Crippen molar-refractivity contribution in [3.8, 4) is 23.8 Å². The Kier molecular flexibility index (Phi) is 7.54. The zero-order valence-corrected chi connectivity index (χ0v) is 17.9. The van der Waals surface area contributed by atoms with Gasteiger partial charge in [0.25, 0.3) is 11.1 Å². The van der Waals surface area contributed by atoms with Gasteiger partial charge in [-0.3, -0.25) is 14.5 Å². The second kappa shape index (κ2) is 9.66. The third-order valence-electron chi connectivity index (χ3n) is 3.69. The van der Waals surface area contributed by atoms with Crippen LogP contribution in [0.5, 0.6) is 11.5 Å². The first kappa shape index (κ1) is 21.9. The standard InChI is InChI=1S/C19H18BrNO6S/c1-5-7-27-16-13(20)8-12(9-14(16)25-4)10-15-17(22)21(19(24)28-15)11(3)18(23)26-6-2/h1,8-11H,6-7H2,2-4H3/b15-10+/t11-/m1/s1. The Labute approximate surface area is 175 Å². The number of halogens is 1. The topological polar surface area (TPSA) is 82.1 Å². The number of esters is 1. The minimum Gasteiger partial charge on any atom is -0.493 e. The first-order chi connectivity index (χ1) is 13.3. The molecule has 1 aliphatic rings. The van der Waals surface area contributed by atoms with Crippen molar-refractivity contribution < 1.29 is 28.6 Å². The number of hydrogen-bond acceptors (Lipinski definition) is 7. The Morgan fingerprint density at radius 1 is 1.43 bits per heavy atom. The van der Waals surface area contributed by atoms with Crippen LogP contribution >= 0.6 is 27.7 Å². The summed E-state index contributed by atoms with van der Waals surface area (Å²) in [6.07, 6.45) is 6.75. The summed E-state index contributed by atoms with van der Waals surface area (Å²) in [5, 5.41) is -0.531. The van der Waals surface area contributed by atoms with Crippen LogP contribution in [0.2, 0.25) is 0 Å². The molecule has 1 fully saturated rings. The van der Waals surface area contributed by atoms with E-state index in [9.17, 15) is 14.4 Å². The third kappa shape index (κ3) is 4.69. The predicted octanol–water partition coefficient (Wildman–Crippen LogP) is 3.46. The maximum Gasteiger partial charge on any atom is 0.329 e. The van der Waals surface area contributed by atoms with Crippen molar-refractivity contribution in [3.63, 3.8) is 0 Å². The van der Waals surface area contributed by atoms with E-state index >= 15 is 0 Å². The normalized spacial score (nSPS) is 16.1. The number of imide groups is 1. The van der Waals surface area contributed by atoms with E-state index in [1.807, 2.05) is 0 Å². The Hall–Kier alpha value is -2.44. The van der Waals surface area contributed by atoms with E-state index in [1.165, 1.54) is 14.0 Å². The van der Waals surface area contributed by atoms with Gasteiger partial charge in [-0.15, -0.1) is 6.42 Å². The van der Waals surface area contributed by atoms with E-state index in [0.29, 0.717) is 21.5 Å². The van der Waals surface area contributed by atoms with E-state index in [0.717, 1.165) is 16.7 Å². The zero-order valence-electron chi connectivity index (χ0n) is 15.5. The van der Waals surface area contributed by atoms with Gasteiger partial charge in [-0.1, -0.05) is 5.92 Å². The molecule has 0 bridgehead atoms. The van der Waals surface area contributed by atoms with Crippen LogP contribution < -0.4 is 9.47 Å². The van der Waals surface area contributed by atoms with Crippen molar-refractivity contribution >= 4 is 50.9 Å². The number of terminal acetylenes is 1. The van der Waals surface area contributed by atoms with Crippen molar-refractivity contribution in [2.24, 2.45) is 0 Å². The first-order valence-electron chi connectivity index (χ1n) is 8.21. The molecule has 148 valence electrons. The first-order valence-corrected chi connectivity index (χ1v) is 9.82. The number of thioether (sulfide) groups is 1. The van der Waals surface area contributed by atoms with Crippen molar-refractivity contribution in [1.29, 1.82) is 0 Å². The second-order valence-electron chi connectivity index (χ2n) is 5.51. The van der Waals surface area contributed by atoms with Crippen molar-refractivity contribution in [2.45, 2.75) is 19.9 Å². The van der Waals surface area contributed by atoms with Crippen LogP contribution in [-0.4, -0.2) is 48.4 Å². The Bertz CT molecular complexity index is 876. The summed E-state index contributed by atoms with van der Waals surface area (Å²) in [4.78, 5) is 37.9. The van der Waals surface area contributed by atoms with Crippen molar-refractivity contribution in [2.75, 3.05) is 20.3 Å². The minimum absolute atomic E-state index is 0.0684. The summed E-state index contributed by atoms with van der Waals surface area (Å²) in [7, 11) is 1.48. The molecule has 9 heteroatoms. The van der Waals surface area contributed by atoms with Crippen LogP contribution in [0, 0.1) is 12.3 Å². The Balaban J connectivity index is 2.32. The number of benzene rings is 1. The summed E-state index contributed by atoms with van der Waals surface area (Å²) >= 11 is 4.14. The fraction of sp³-hybridized carbons (Fsp3) is 0.316. The van der Waals surface area contributed by atoms with Gasteiger partial charge in [0.05, 0.1) is 23.1 Å². The SMILES string of the molecule is C#CCOc1c(Br)cc(/C=C2/SC(=O)N([C@H](C)C(=O)OCC)C2=O)cc1OC. The summed E-state index contributed by atoms with van der Waals surface area (Å²) in [6, 6.07) is 2.36. The average molecular weight is 468 g/mol. The molecular formula is C19H18BrNO6S. The van der Waals surface area contributed by atoms with Crippen LogP contribution in [-0.2, 0) is 14.3 Å². The number of amides is 2. The summed E-state index contributed by atoms with van der Waals surface area (Å²) in [5.74, 6) is 2.03. The molecule has 1 saturated heterocycles. The number of rotatable bonds is 7. The van der Waals surface area contributed by atoms with Gasteiger partial charge in [-0.25, -0.2) is 4.79 Å². The summed E-state index contributed by atoms with van der Waals surface area (Å²) in [5.41, 5.74) is 0.603. The Morgan fingerprint density at radius 2 is 2.14 bits per heavy atom. The molecule has 1 aliphatic heterocycles. The third-order valence-corrected chi connectivity index (χ3v) is 5.16. The fourth-order valence-electron chi connectivity index (χ4n) is 2.41. The number of hydrogen-bond donors (Lipinski definition) is 0. The number of methoxy groups -OCH3 is 1. The second-order valence-corrected chi connectivity index (χ2v) is 7.35. The molecule has 7 nitrogen and oxygen atoms in total. The van der Waals surface area contributed by atoms with Gasteiger partial charge in [0.1, 0.15) is 12.6 Å². The predicted molar refractivity (Wildman–Crippen MR) is 109 cm³/mol. The van der Waals surface area contributed by atoms with Gasteiger partial charge >= 0.3 is 5.97 Å². The number of nitrogens with zero attached hydrogens (tertiary/aromatic N) is 1. The van der Waals surface area contributed by atoms with Crippen LogP contribution in [0.25, 0.3) is 6.08 Å². The largest absolute Gasteiger partial charge is 0.493 e. The molecule has 2 rings (SSSR count). The highest BCUT2D eigenvalue weighted by atomic mass is 79.9. The molecule has 0 radical (unpaired) electrons. The van der Waals surface area contributed by atoms with Crippen LogP contribution in [0.1, 0.15) is 19.4 Å². The highest BCUT2D eigenvalue weighted by Crippen LogP contribution is 2.39. The highest BCUT2D eigenvalue weighted by molar-refractivity contribution is 9.10. The van der Waals surface area contributed by atoms with Crippen LogP contribution in [0.15, 0.2) is 21.5 Å². The van der Waals surface area contributed by atoms with E-state index in [4.69, 9.17) is 20.6 Å². The van der Waals surface area contributed by atoms with E-state index in [1.54, 1.807) is 25.1 Å². The molecule has 0 aromatic heterocycles. The minimum atomic E-state index is -1.00. The summed E-state index contributed by atoms with van der Waals surface area (Å²) < 4.78 is 16.2. The van der Waals surface area contributed by atoms with Crippen LogP contribution in [0.4, 0.5) is 4.79 Å². The molecule has 1 aromatic carbocycles. The van der Waals surface area contributed by atoms with Crippen molar-refractivity contribution in [3.05, 3.63) is 27.1 Å². The highest BCUT2D eigenvalue weighted by Gasteiger charge is 2.41. The Morgan fingerprint density at radius 3 is 2.75 bits per heavy atom. The molecule has 0 aliphatic carbocycles. The van der Waals surface area contributed by atoms with E-state index in [2.05, 4.69) is 21.9 Å². The molecule has 0 spiro atoms. The quantitative estimate of drug-likeness (QED) is 0.345. The molecule has 1 heterocycles. The van der Waals surface area contributed by atoms with Gasteiger partial charge in [-0.05, 0) is 65.3 Å². The lowest BCUT2D eigenvalue weighted by Gasteiger charge is -2.19. The average Bonchev–Trinajstić information content (AvgIpc) is 2.93. The monoisotopic (exact) mass is 467 g/mol. The zero-order chi connectivity index (χ0) is 20.8. The smallest absolute Gasteiger partial charge is 0.329 e. The lowest BCUT2D eigenvalue weighted by Crippen LogP contribution is -2.42. The van der Waals surface area contributed by atoms with E-state index in [-0.39, 0.29) is 18.1 Å². The fourth-order valence-corrected chi connectivity index (χ4v) is 3.89. The molecule has 0 unspecified atom stereocenters. The van der Waals surface area contributed by atoms with Gasteiger partial charge in [0.2, 0.25) is 0 Å². The molecule has 28 heavy (non-hydrogen) atoms. The number of carbonyl (C=O) groups excluding carboxylic acids is 3. The van der Waals surface area contributed by atoms with E-state index < -0.39 is 23.2 Å². The molecular weight excluding hydrogens is 450 g/mol. The van der Waals surface area contributed by atoms with Gasteiger partial charge in [0, 0.05) is 0 Å². The van der Waals surface area contributed by atoms with Gasteiger partial charge in [-0.2, -0.15) is 0 Å². The van der Waals surface area contributed by atoms with Crippen molar-refractivity contribution in [1.82, 2.24) is 4.90 Å². The molecule has 0 saturated carbocycles. The number of ether oxygens (including phenoxy) is 3. The van der Waals surface area contributed by atoms with Gasteiger partial charge < -0.3 is 14.2 Å². The molecule has 1 atom stereocenters.